The van der Waals surface area contributed by atoms with Gasteiger partial charge in [-0.3, -0.25) is 10.0 Å². The standard InChI is InChI=1S/C9H9BrN2O3/c10-11-12(15)9(14)8(13)6-7-4-2-1-3-5-7/h1-6,11,13,15H. The van der Waals surface area contributed by atoms with Crippen molar-refractivity contribution in [1.29, 1.82) is 0 Å². The Bertz CT molecular complexity index is 367. The van der Waals surface area contributed by atoms with Crippen molar-refractivity contribution in [2.45, 2.75) is 0 Å². The molecule has 0 aliphatic rings. The van der Waals surface area contributed by atoms with Crippen LogP contribution >= 0.6 is 16.1 Å². The third-order valence-corrected chi connectivity index (χ3v) is 1.93. The molecule has 0 spiro atoms. The van der Waals surface area contributed by atoms with E-state index in [9.17, 15) is 9.90 Å². The number of aliphatic hydroxyl groups is 1. The monoisotopic (exact) mass is 272 g/mol. The van der Waals surface area contributed by atoms with Gasteiger partial charge in [-0.25, -0.2) is 0 Å². The van der Waals surface area contributed by atoms with E-state index < -0.39 is 11.7 Å². The Morgan fingerprint density at radius 2 is 2.00 bits per heavy atom. The van der Waals surface area contributed by atoms with Gasteiger partial charge in [0.15, 0.2) is 5.76 Å². The first-order chi connectivity index (χ1) is 7.15. The van der Waals surface area contributed by atoms with Crippen LogP contribution in [0.15, 0.2) is 36.1 Å². The lowest BCUT2D eigenvalue weighted by Gasteiger charge is -2.09. The highest BCUT2D eigenvalue weighted by Crippen LogP contribution is 2.05. The highest BCUT2D eigenvalue weighted by Gasteiger charge is 2.14. The number of nitrogens with zero attached hydrogens (tertiary/aromatic N) is 1. The van der Waals surface area contributed by atoms with Gasteiger partial charge in [0.05, 0.1) is 0 Å². The molecule has 1 rings (SSSR count). The quantitative estimate of drug-likeness (QED) is 0.257. The molecule has 0 bridgehead atoms. The summed E-state index contributed by atoms with van der Waals surface area (Å²) in [6.07, 6.45) is 1.25. The van der Waals surface area contributed by atoms with Gasteiger partial charge in [-0.2, -0.15) is 0 Å². The van der Waals surface area contributed by atoms with Crippen LogP contribution in [0.5, 0.6) is 0 Å². The molecule has 0 saturated heterocycles. The van der Waals surface area contributed by atoms with Crippen molar-refractivity contribution in [3.63, 3.8) is 0 Å². The maximum atomic E-state index is 11.1. The normalized spacial score (nSPS) is 11.2. The predicted octanol–water partition coefficient (Wildman–Crippen LogP) is 1.62. The summed E-state index contributed by atoms with van der Waals surface area (Å²) in [5, 5.41) is 18.3. The first-order valence-electron chi connectivity index (χ1n) is 4.00. The molecule has 0 radical (unpaired) electrons. The molecule has 0 atom stereocenters. The minimum absolute atomic E-state index is 0.120. The van der Waals surface area contributed by atoms with Gasteiger partial charge in [-0.1, -0.05) is 30.3 Å². The van der Waals surface area contributed by atoms with Crippen LogP contribution in [0.4, 0.5) is 0 Å². The second kappa shape index (κ2) is 5.50. The van der Waals surface area contributed by atoms with Crippen LogP contribution in [0.2, 0.25) is 0 Å². The molecule has 0 heterocycles. The van der Waals surface area contributed by atoms with Crippen molar-refractivity contribution in [1.82, 2.24) is 9.62 Å². The number of carbonyl (C=O) groups excluding carboxylic acids is 1. The van der Waals surface area contributed by atoms with E-state index in [1.54, 1.807) is 24.3 Å². The fraction of sp³-hybridized carbons (Fsp3) is 0. The van der Waals surface area contributed by atoms with Gasteiger partial charge in [0.2, 0.25) is 0 Å². The lowest BCUT2D eigenvalue weighted by atomic mass is 10.2. The molecule has 0 aromatic heterocycles. The summed E-state index contributed by atoms with van der Waals surface area (Å²) in [5.74, 6) is -1.54. The molecule has 1 aromatic rings. The van der Waals surface area contributed by atoms with E-state index in [4.69, 9.17) is 5.21 Å². The second-order valence-corrected chi connectivity index (χ2v) is 3.00. The average Bonchev–Trinajstić information content (AvgIpc) is 2.28. The van der Waals surface area contributed by atoms with Crippen LogP contribution in [0.1, 0.15) is 5.56 Å². The minimum Gasteiger partial charge on any atom is -0.503 e. The van der Waals surface area contributed by atoms with Crippen molar-refractivity contribution >= 4 is 28.1 Å². The molecule has 0 unspecified atom stereocenters. The molecule has 0 saturated carbocycles. The Morgan fingerprint density at radius 3 is 2.53 bits per heavy atom. The Kier molecular flexibility index (Phi) is 4.29. The van der Waals surface area contributed by atoms with Crippen molar-refractivity contribution in [2.24, 2.45) is 0 Å². The molecule has 1 aromatic carbocycles. The lowest BCUT2D eigenvalue weighted by Crippen LogP contribution is -2.34. The number of hydrogen-bond acceptors (Lipinski definition) is 4. The van der Waals surface area contributed by atoms with E-state index in [1.807, 2.05) is 10.5 Å². The SMILES string of the molecule is O=C(C(O)=Cc1ccccc1)N(O)NBr. The molecule has 0 aliphatic carbocycles. The van der Waals surface area contributed by atoms with Crippen LogP contribution in [0.25, 0.3) is 6.08 Å². The lowest BCUT2D eigenvalue weighted by molar-refractivity contribution is -0.168. The van der Waals surface area contributed by atoms with Gasteiger partial charge in [0.1, 0.15) is 0 Å². The number of amides is 1. The van der Waals surface area contributed by atoms with Crippen LogP contribution < -0.4 is 4.45 Å². The number of halogens is 1. The van der Waals surface area contributed by atoms with E-state index in [2.05, 4.69) is 16.1 Å². The Morgan fingerprint density at radius 1 is 1.40 bits per heavy atom. The van der Waals surface area contributed by atoms with Gasteiger partial charge in [-0.05, 0) is 11.6 Å². The zero-order valence-corrected chi connectivity index (χ0v) is 9.18. The van der Waals surface area contributed by atoms with Crippen LogP contribution in [-0.2, 0) is 4.79 Å². The molecule has 3 N–H and O–H groups in total. The summed E-state index contributed by atoms with van der Waals surface area (Å²) in [7, 11) is 0. The largest absolute Gasteiger partial charge is 0.503 e. The molecule has 6 heteroatoms. The van der Waals surface area contributed by atoms with E-state index in [-0.39, 0.29) is 5.17 Å². The molecule has 0 fully saturated rings. The summed E-state index contributed by atoms with van der Waals surface area (Å²) in [6, 6.07) is 8.78. The number of hydroxylamine groups is 1. The Hall–Kier alpha value is -1.37. The van der Waals surface area contributed by atoms with Crippen LogP contribution in [-0.4, -0.2) is 21.4 Å². The number of benzene rings is 1. The molecule has 80 valence electrons. The highest BCUT2D eigenvalue weighted by molar-refractivity contribution is 9.08. The molecule has 1 amide bonds. The second-order valence-electron chi connectivity index (χ2n) is 2.64. The topological polar surface area (TPSA) is 72.8 Å². The summed E-state index contributed by atoms with van der Waals surface area (Å²) in [4.78, 5) is 11.1. The Balaban J connectivity index is 2.81. The molecule has 15 heavy (non-hydrogen) atoms. The molecular formula is C9H9BrN2O3. The molecular weight excluding hydrogens is 264 g/mol. The fourth-order valence-corrected chi connectivity index (χ4v) is 1.08. The van der Waals surface area contributed by atoms with E-state index in [1.165, 1.54) is 6.08 Å². The van der Waals surface area contributed by atoms with E-state index in [0.29, 0.717) is 5.56 Å². The number of hydrogen-bond donors (Lipinski definition) is 3. The summed E-state index contributed by atoms with van der Waals surface area (Å²) in [6.45, 7) is 0. The van der Waals surface area contributed by atoms with Crippen LogP contribution in [0.3, 0.4) is 0 Å². The third-order valence-electron chi connectivity index (χ3n) is 1.59. The Labute approximate surface area is 94.9 Å². The predicted molar refractivity (Wildman–Crippen MR) is 57.7 cm³/mol. The van der Waals surface area contributed by atoms with Crippen molar-refractivity contribution in [3.05, 3.63) is 41.7 Å². The van der Waals surface area contributed by atoms with Gasteiger partial charge >= 0.3 is 5.91 Å². The minimum atomic E-state index is -0.962. The number of aliphatic hydroxyl groups excluding tert-OH is 1. The van der Waals surface area contributed by atoms with Gasteiger partial charge in [-0.15, -0.1) is 9.62 Å². The van der Waals surface area contributed by atoms with Gasteiger partial charge in [0, 0.05) is 16.1 Å². The fourth-order valence-electron chi connectivity index (χ4n) is 0.916. The summed E-state index contributed by atoms with van der Waals surface area (Å²) in [5.41, 5.74) is 0.659. The number of carbonyl (C=O) groups is 1. The average molecular weight is 273 g/mol. The molecule has 0 aliphatic heterocycles. The number of nitrogens with one attached hydrogen (secondary N) is 1. The number of rotatable bonds is 3. The van der Waals surface area contributed by atoms with E-state index in [0.717, 1.165) is 0 Å². The van der Waals surface area contributed by atoms with Crippen LogP contribution in [0, 0.1) is 0 Å². The zero-order valence-electron chi connectivity index (χ0n) is 7.59. The highest BCUT2D eigenvalue weighted by atomic mass is 79.9. The van der Waals surface area contributed by atoms with Crippen molar-refractivity contribution in [2.75, 3.05) is 0 Å². The summed E-state index contributed by atoms with van der Waals surface area (Å²) < 4.78 is 1.98. The van der Waals surface area contributed by atoms with Gasteiger partial charge < -0.3 is 5.11 Å². The van der Waals surface area contributed by atoms with Crippen molar-refractivity contribution in [3.8, 4) is 0 Å². The van der Waals surface area contributed by atoms with Gasteiger partial charge in [0.25, 0.3) is 0 Å². The molecule has 5 nitrogen and oxygen atoms in total. The number of hydrazine groups is 1. The third kappa shape index (κ3) is 3.35. The first-order valence-corrected chi connectivity index (χ1v) is 4.79. The summed E-state index contributed by atoms with van der Waals surface area (Å²) >= 11 is 2.64. The first kappa shape index (κ1) is 11.7. The van der Waals surface area contributed by atoms with Crippen molar-refractivity contribution < 1.29 is 15.1 Å². The maximum absolute atomic E-state index is 11.1. The zero-order chi connectivity index (χ0) is 11.3. The smallest absolute Gasteiger partial charge is 0.327 e. The maximum Gasteiger partial charge on any atom is 0.327 e. The van der Waals surface area contributed by atoms with E-state index >= 15 is 0 Å².